The normalized spacial score (nSPS) is 15.5. The molecule has 3 aromatic rings. The zero-order chi connectivity index (χ0) is 21.8. The van der Waals surface area contributed by atoms with Crippen molar-refractivity contribution in [2.24, 2.45) is 0 Å². The molecule has 0 radical (unpaired) electrons. The van der Waals surface area contributed by atoms with Crippen molar-refractivity contribution in [2.45, 2.75) is 58.6 Å². The molecule has 2 aromatic carbocycles. The Labute approximate surface area is 188 Å². The van der Waals surface area contributed by atoms with E-state index in [-0.39, 0.29) is 6.10 Å². The Morgan fingerprint density at radius 1 is 1.23 bits per heavy atom. The van der Waals surface area contributed by atoms with Crippen molar-refractivity contribution in [2.75, 3.05) is 6.54 Å². The number of rotatable bonds is 7. The Balaban J connectivity index is 1.65. The van der Waals surface area contributed by atoms with E-state index in [1.54, 1.807) is 11.3 Å². The summed E-state index contributed by atoms with van der Waals surface area (Å²) >= 11 is 1.58. The molecule has 4 rings (SSSR count). The highest BCUT2D eigenvalue weighted by molar-refractivity contribution is 7.17. The minimum absolute atomic E-state index is 0.0194. The van der Waals surface area contributed by atoms with Crippen LogP contribution in [0.1, 0.15) is 62.8 Å². The Morgan fingerprint density at radius 3 is 2.84 bits per heavy atom. The molecule has 160 valence electrons. The number of aromatic nitrogens is 2. The number of nitrogens with zero attached hydrogens (tertiary/aromatic N) is 3. The molecule has 0 unspecified atom stereocenters. The Bertz CT molecular complexity index is 1100. The van der Waals surface area contributed by atoms with E-state index in [0.717, 1.165) is 35.0 Å². The number of benzene rings is 2. The van der Waals surface area contributed by atoms with Gasteiger partial charge in [0.2, 0.25) is 0 Å². The molecule has 1 aliphatic rings. The molecule has 1 N–H and O–H groups in total. The first-order valence-electron chi connectivity index (χ1n) is 11.0. The molecule has 0 spiro atoms. The number of hydrogen-bond acceptors (Lipinski definition) is 6. The van der Waals surface area contributed by atoms with Crippen LogP contribution in [0.2, 0.25) is 0 Å². The molecular weight excluding hydrogens is 404 g/mol. The first kappa shape index (κ1) is 21.5. The predicted molar refractivity (Wildman–Crippen MR) is 125 cm³/mol. The number of nitrogens with one attached hydrogen (secondary N) is 1. The van der Waals surface area contributed by atoms with Crippen LogP contribution in [-0.4, -0.2) is 22.8 Å². The third-order valence-electron chi connectivity index (χ3n) is 5.51. The molecule has 0 fully saturated rings. The topological polar surface area (TPSA) is 70.8 Å². The van der Waals surface area contributed by atoms with E-state index in [4.69, 9.17) is 4.74 Å². The SMILES string of the molecule is CCCN[C@@H]1CCCc2c(-c3nnc(-c4ccc(OC(C)C)c(C#N)c4)s3)cccc21. The predicted octanol–water partition coefficient (Wildman–Crippen LogP) is 5.91. The van der Waals surface area contributed by atoms with Crippen LogP contribution in [0.4, 0.5) is 0 Å². The Hall–Kier alpha value is -2.75. The minimum atomic E-state index is 0.0194. The number of fused-ring (bicyclic) bond motifs is 1. The first-order valence-corrected chi connectivity index (χ1v) is 11.8. The average molecular weight is 433 g/mol. The first-order chi connectivity index (χ1) is 15.1. The lowest BCUT2D eigenvalue weighted by molar-refractivity contribution is 0.242. The molecular formula is C25H28N4OS. The van der Waals surface area contributed by atoms with Crippen molar-refractivity contribution in [3.05, 3.63) is 53.1 Å². The van der Waals surface area contributed by atoms with Gasteiger partial charge in [-0.15, -0.1) is 10.2 Å². The highest BCUT2D eigenvalue weighted by Crippen LogP contribution is 2.39. The van der Waals surface area contributed by atoms with Crippen LogP contribution in [0, 0.1) is 11.3 Å². The molecule has 0 saturated carbocycles. The highest BCUT2D eigenvalue weighted by atomic mass is 32.1. The summed E-state index contributed by atoms with van der Waals surface area (Å²) in [6, 6.07) is 14.8. The van der Waals surface area contributed by atoms with E-state index in [9.17, 15) is 5.26 Å². The Morgan fingerprint density at radius 2 is 2.06 bits per heavy atom. The van der Waals surface area contributed by atoms with Gasteiger partial charge in [-0.2, -0.15) is 5.26 Å². The summed E-state index contributed by atoms with van der Waals surface area (Å²) in [5.74, 6) is 0.605. The van der Waals surface area contributed by atoms with E-state index in [1.807, 2.05) is 32.0 Å². The van der Waals surface area contributed by atoms with Gasteiger partial charge in [0.05, 0.1) is 11.7 Å². The van der Waals surface area contributed by atoms with Gasteiger partial charge in [-0.05, 0) is 75.4 Å². The van der Waals surface area contributed by atoms with Crippen LogP contribution in [0.15, 0.2) is 36.4 Å². The van der Waals surface area contributed by atoms with Gasteiger partial charge in [-0.25, -0.2) is 0 Å². The maximum atomic E-state index is 9.54. The van der Waals surface area contributed by atoms with Crippen LogP contribution < -0.4 is 10.1 Å². The fraction of sp³-hybridized carbons (Fsp3) is 0.400. The van der Waals surface area contributed by atoms with Crippen LogP contribution in [-0.2, 0) is 6.42 Å². The second-order valence-corrected chi connectivity index (χ2v) is 9.15. The maximum absolute atomic E-state index is 9.54. The molecule has 5 nitrogen and oxygen atoms in total. The molecule has 0 saturated heterocycles. The molecule has 0 bridgehead atoms. The lowest BCUT2D eigenvalue weighted by Gasteiger charge is -2.27. The molecule has 1 heterocycles. The highest BCUT2D eigenvalue weighted by Gasteiger charge is 2.23. The summed E-state index contributed by atoms with van der Waals surface area (Å²) in [7, 11) is 0. The molecule has 6 heteroatoms. The van der Waals surface area contributed by atoms with Gasteiger partial charge in [-0.1, -0.05) is 36.5 Å². The second kappa shape index (κ2) is 9.59. The number of ether oxygens (including phenoxy) is 1. The van der Waals surface area contributed by atoms with Crippen molar-refractivity contribution < 1.29 is 4.74 Å². The molecule has 1 atom stereocenters. The number of hydrogen-bond donors (Lipinski definition) is 1. The largest absolute Gasteiger partial charge is 0.490 e. The van der Waals surface area contributed by atoms with E-state index in [2.05, 4.69) is 46.7 Å². The van der Waals surface area contributed by atoms with Crippen LogP contribution in [0.25, 0.3) is 21.1 Å². The van der Waals surface area contributed by atoms with E-state index >= 15 is 0 Å². The average Bonchev–Trinajstić information content (AvgIpc) is 3.27. The van der Waals surface area contributed by atoms with Gasteiger partial charge in [-0.3, -0.25) is 0 Å². The summed E-state index contributed by atoms with van der Waals surface area (Å²) in [5, 5.41) is 23.9. The van der Waals surface area contributed by atoms with Gasteiger partial charge in [0.15, 0.2) is 0 Å². The molecule has 0 amide bonds. The van der Waals surface area contributed by atoms with Crippen molar-refractivity contribution in [3.63, 3.8) is 0 Å². The Kier molecular flexibility index (Phi) is 6.64. The molecule has 31 heavy (non-hydrogen) atoms. The fourth-order valence-electron chi connectivity index (χ4n) is 4.14. The van der Waals surface area contributed by atoms with Crippen LogP contribution >= 0.6 is 11.3 Å². The smallest absolute Gasteiger partial charge is 0.148 e. The minimum Gasteiger partial charge on any atom is -0.490 e. The standard InChI is InChI=1S/C25H28N4OS/c1-4-13-27-22-10-6-7-19-20(22)8-5-9-21(19)25-29-28-24(31-25)17-11-12-23(30-16(2)3)18(14-17)15-26/h5,8-9,11-12,14,16,22,27H,4,6-7,10,13H2,1-3H3/t22-/m1/s1. The lowest BCUT2D eigenvalue weighted by Crippen LogP contribution is -2.26. The summed E-state index contributed by atoms with van der Waals surface area (Å²) in [4.78, 5) is 0. The lowest BCUT2D eigenvalue weighted by atomic mass is 9.85. The van der Waals surface area contributed by atoms with Gasteiger partial charge < -0.3 is 10.1 Å². The maximum Gasteiger partial charge on any atom is 0.148 e. The second-order valence-electron chi connectivity index (χ2n) is 8.17. The third kappa shape index (κ3) is 4.63. The van der Waals surface area contributed by atoms with Crippen molar-refractivity contribution in [1.29, 1.82) is 5.26 Å². The van der Waals surface area contributed by atoms with Crippen molar-refractivity contribution in [1.82, 2.24) is 15.5 Å². The summed E-state index contributed by atoms with van der Waals surface area (Å²) in [6.07, 6.45) is 4.59. The van der Waals surface area contributed by atoms with E-state index in [1.165, 1.54) is 29.5 Å². The van der Waals surface area contributed by atoms with E-state index < -0.39 is 0 Å². The zero-order valence-electron chi connectivity index (χ0n) is 18.3. The molecule has 1 aromatic heterocycles. The van der Waals surface area contributed by atoms with Crippen LogP contribution in [0.3, 0.4) is 0 Å². The summed E-state index contributed by atoms with van der Waals surface area (Å²) in [5.41, 5.74) is 5.39. The van der Waals surface area contributed by atoms with Gasteiger partial charge >= 0.3 is 0 Å². The number of nitriles is 1. The molecule has 1 aliphatic carbocycles. The van der Waals surface area contributed by atoms with Gasteiger partial charge in [0.25, 0.3) is 0 Å². The van der Waals surface area contributed by atoms with Gasteiger partial charge in [0.1, 0.15) is 21.8 Å². The van der Waals surface area contributed by atoms with Crippen molar-refractivity contribution >= 4 is 11.3 Å². The van der Waals surface area contributed by atoms with E-state index in [0.29, 0.717) is 17.4 Å². The fourth-order valence-corrected chi connectivity index (χ4v) is 5.03. The monoisotopic (exact) mass is 432 g/mol. The van der Waals surface area contributed by atoms with Crippen LogP contribution in [0.5, 0.6) is 5.75 Å². The molecule has 0 aliphatic heterocycles. The van der Waals surface area contributed by atoms with Gasteiger partial charge in [0, 0.05) is 17.2 Å². The quantitative estimate of drug-likeness (QED) is 0.503. The van der Waals surface area contributed by atoms with Crippen molar-refractivity contribution in [3.8, 4) is 33.0 Å². The summed E-state index contributed by atoms with van der Waals surface area (Å²) in [6.45, 7) is 7.15. The summed E-state index contributed by atoms with van der Waals surface area (Å²) < 4.78 is 5.74. The third-order valence-corrected chi connectivity index (χ3v) is 6.52. The zero-order valence-corrected chi connectivity index (χ0v) is 19.1.